The molecule has 15 heavy (non-hydrogen) atoms. The Morgan fingerprint density at radius 2 is 2.00 bits per heavy atom. The number of aromatic amines is 1. The van der Waals surface area contributed by atoms with E-state index in [4.69, 9.17) is 5.73 Å². The molecule has 0 saturated carbocycles. The Labute approximate surface area is 98.2 Å². The van der Waals surface area contributed by atoms with Gasteiger partial charge in [-0.2, -0.15) is 0 Å². The summed E-state index contributed by atoms with van der Waals surface area (Å²) in [6.07, 6.45) is 4.46. The standard InChI is InChI=1S/C6H6N2O.CH2N4.Zn/c7-6(9)5-1-3-8-4-2-5;1-2-4-5-3-1;/h1-4H,(H2,7,9);1H,(H,2,3,4,5);. The Kier molecular flexibility index (Phi) is 6.83. The van der Waals surface area contributed by atoms with E-state index < -0.39 is 5.91 Å². The molecule has 0 fully saturated rings. The molecule has 1 amide bonds. The van der Waals surface area contributed by atoms with Gasteiger partial charge in [0, 0.05) is 37.4 Å². The second kappa shape index (κ2) is 7.69. The van der Waals surface area contributed by atoms with Crippen LogP contribution in [0.25, 0.3) is 0 Å². The molecule has 2 aromatic heterocycles. The van der Waals surface area contributed by atoms with E-state index in [1.54, 1.807) is 12.1 Å². The smallest absolute Gasteiger partial charge is 0.248 e. The number of aromatic nitrogens is 5. The number of hydrogen-bond acceptors (Lipinski definition) is 5. The van der Waals surface area contributed by atoms with Gasteiger partial charge in [-0.25, -0.2) is 5.10 Å². The molecule has 0 saturated heterocycles. The van der Waals surface area contributed by atoms with E-state index in [2.05, 4.69) is 25.6 Å². The van der Waals surface area contributed by atoms with Gasteiger partial charge in [0.25, 0.3) is 0 Å². The molecule has 0 aliphatic carbocycles. The number of pyridine rings is 1. The van der Waals surface area contributed by atoms with Crippen LogP contribution in [0.3, 0.4) is 0 Å². The van der Waals surface area contributed by atoms with Crippen molar-refractivity contribution in [2.45, 2.75) is 0 Å². The van der Waals surface area contributed by atoms with Gasteiger partial charge in [0.2, 0.25) is 5.91 Å². The predicted molar refractivity (Wildman–Crippen MR) is 46.9 cm³/mol. The second-order valence-corrected chi connectivity index (χ2v) is 2.16. The van der Waals surface area contributed by atoms with Crippen LogP contribution >= 0.6 is 0 Å². The number of carbonyl (C=O) groups excluding carboxylic acids is 1. The largest absolute Gasteiger partial charge is 0.366 e. The van der Waals surface area contributed by atoms with Gasteiger partial charge in [-0.15, -0.1) is 5.10 Å². The number of nitrogens with two attached hydrogens (primary N) is 1. The molecule has 0 aromatic carbocycles. The first kappa shape index (κ1) is 13.3. The molecule has 0 unspecified atom stereocenters. The fraction of sp³-hybridized carbons (Fsp3) is 0. The number of tetrazole rings is 1. The Morgan fingerprint density at radius 1 is 1.33 bits per heavy atom. The summed E-state index contributed by atoms with van der Waals surface area (Å²) in [6, 6.07) is 3.14. The van der Waals surface area contributed by atoms with Crippen LogP contribution in [0.1, 0.15) is 10.4 Å². The maximum absolute atomic E-state index is 10.4. The Morgan fingerprint density at radius 3 is 2.27 bits per heavy atom. The van der Waals surface area contributed by atoms with Crippen molar-refractivity contribution in [2.75, 3.05) is 0 Å². The minimum atomic E-state index is -0.419. The third-order valence-corrected chi connectivity index (χ3v) is 1.23. The van der Waals surface area contributed by atoms with E-state index in [0.717, 1.165) is 0 Å². The van der Waals surface area contributed by atoms with Crippen molar-refractivity contribution >= 4 is 5.91 Å². The van der Waals surface area contributed by atoms with Crippen molar-refractivity contribution in [1.82, 2.24) is 25.6 Å². The monoisotopic (exact) mass is 256 g/mol. The van der Waals surface area contributed by atoms with Gasteiger partial charge in [-0.05, 0) is 22.6 Å². The number of primary amides is 1. The van der Waals surface area contributed by atoms with E-state index in [0.29, 0.717) is 5.56 Å². The first-order chi connectivity index (χ1) is 6.80. The van der Waals surface area contributed by atoms with Gasteiger partial charge in [-0.3, -0.25) is 9.78 Å². The molecule has 0 spiro atoms. The molecule has 2 rings (SSSR count). The number of carbonyl (C=O) groups is 1. The third-order valence-electron chi connectivity index (χ3n) is 1.23. The van der Waals surface area contributed by atoms with Crippen molar-refractivity contribution < 1.29 is 24.3 Å². The van der Waals surface area contributed by atoms with Crippen molar-refractivity contribution in [3.63, 3.8) is 0 Å². The number of nitrogens with zero attached hydrogens (tertiary/aromatic N) is 4. The molecule has 0 radical (unpaired) electrons. The molecule has 74 valence electrons. The topological polar surface area (TPSA) is 110 Å². The number of hydrogen-bond donors (Lipinski definition) is 2. The predicted octanol–water partition coefficient (Wildman–Crippen LogP) is -0.622. The molecule has 0 bridgehead atoms. The van der Waals surface area contributed by atoms with Crippen molar-refractivity contribution in [2.24, 2.45) is 5.73 Å². The Bertz CT molecular complexity index is 347. The van der Waals surface area contributed by atoms with E-state index in [1.807, 2.05) is 0 Å². The molecule has 0 aliphatic heterocycles. The number of rotatable bonds is 1. The van der Waals surface area contributed by atoms with Crippen LogP contribution in [0, 0.1) is 0 Å². The molecule has 2 heterocycles. The SMILES string of the molecule is NC(=O)c1ccncc1.[Zn].c1nnn[nH]1. The van der Waals surface area contributed by atoms with Gasteiger partial charge in [0.15, 0.2) is 0 Å². The van der Waals surface area contributed by atoms with Crippen LogP contribution in [0.15, 0.2) is 30.9 Å². The zero-order valence-electron chi connectivity index (χ0n) is 7.87. The summed E-state index contributed by atoms with van der Waals surface area (Å²) in [5.41, 5.74) is 5.44. The van der Waals surface area contributed by atoms with Crippen molar-refractivity contribution in [3.8, 4) is 0 Å². The van der Waals surface area contributed by atoms with Crippen LogP contribution in [0.5, 0.6) is 0 Å². The quantitative estimate of drug-likeness (QED) is 0.661. The van der Waals surface area contributed by atoms with Crippen LogP contribution in [-0.2, 0) is 19.5 Å². The summed E-state index contributed by atoms with van der Waals surface area (Å²) in [4.78, 5) is 14.1. The van der Waals surface area contributed by atoms with E-state index in [-0.39, 0.29) is 19.5 Å². The van der Waals surface area contributed by atoms with Gasteiger partial charge in [0.1, 0.15) is 6.33 Å². The molecule has 7 nitrogen and oxygen atoms in total. The van der Waals surface area contributed by atoms with Gasteiger partial charge < -0.3 is 5.73 Å². The zero-order chi connectivity index (χ0) is 10.2. The first-order valence-electron chi connectivity index (χ1n) is 3.67. The summed E-state index contributed by atoms with van der Waals surface area (Å²) in [5, 5.41) is 12.1. The Balaban J connectivity index is 0.000000280. The van der Waals surface area contributed by atoms with E-state index >= 15 is 0 Å². The maximum atomic E-state index is 10.4. The first-order valence-corrected chi connectivity index (χ1v) is 3.67. The number of nitrogens with one attached hydrogen (secondary N) is 1. The summed E-state index contributed by atoms with van der Waals surface area (Å²) in [6.45, 7) is 0. The normalized spacial score (nSPS) is 8.00. The molecule has 2 aromatic rings. The average Bonchev–Trinajstić information content (AvgIpc) is 2.77. The van der Waals surface area contributed by atoms with Crippen LogP contribution in [-0.4, -0.2) is 31.5 Å². The van der Waals surface area contributed by atoms with Gasteiger partial charge in [-0.1, -0.05) is 0 Å². The third kappa shape index (κ3) is 5.59. The fourth-order valence-corrected chi connectivity index (χ4v) is 0.645. The van der Waals surface area contributed by atoms with Crippen molar-refractivity contribution in [1.29, 1.82) is 0 Å². The second-order valence-electron chi connectivity index (χ2n) is 2.16. The fourth-order valence-electron chi connectivity index (χ4n) is 0.645. The molecule has 0 aliphatic rings. The average molecular weight is 258 g/mol. The molecular weight excluding hydrogens is 250 g/mol. The maximum Gasteiger partial charge on any atom is 0.248 e. The van der Waals surface area contributed by atoms with Crippen LogP contribution in [0.2, 0.25) is 0 Å². The minimum absolute atomic E-state index is 0. The van der Waals surface area contributed by atoms with Crippen molar-refractivity contribution in [3.05, 3.63) is 36.4 Å². The Hall–Kier alpha value is -1.69. The molecular formula is C7H8N6OZn. The number of amides is 1. The summed E-state index contributed by atoms with van der Waals surface area (Å²) in [5.74, 6) is -0.419. The van der Waals surface area contributed by atoms with Crippen LogP contribution in [0.4, 0.5) is 0 Å². The molecule has 3 N–H and O–H groups in total. The summed E-state index contributed by atoms with van der Waals surface area (Å²) < 4.78 is 0. The van der Waals surface area contributed by atoms with Crippen LogP contribution < -0.4 is 5.73 Å². The van der Waals surface area contributed by atoms with Gasteiger partial charge in [0.05, 0.1) is 0 Å². The summed E-state index contributed by atoms with van der Waals surface area (Å²) >= 11 is 0. The zero-order valence-corrected chi connectivity index (χ0v) is 10.8. The number of H-pyrrole nitrogens is 1. The van der Waals surface area contributed by atoms with E-state index in [9.17, 15) is 4.79 Å². The van der Waals surface area contributed by atoms with E-state index in [1.165, 1.54) is 18.7 Å². The minimum Gasteiger partial charge on any atom is -0.366 e. The summed E-state index contributed by atoms with van der Waals surface area (Å²) in [7, 11) is 0. The molecule has 8 heteroatoms. The molecule has 0 atom stereocenters. The van der Waals surface area contributed by atoms with Gasteiger partial charge >= 0.3 is 0 Å².